The average molecular weight is 205 g/mol. The molecular formula is C10H11N3O2. The first-order valence-corrected chi connectivity index (χ1v) is 4.83. The fourth-order valence-electron chi connectivity index (χ4n) is 1.96. The third kappa shape index (κ3) is 1.23. The summed E-state index contributed by atoms with van der Waals surface area (Å²) in [5.41, 5.74) is 3.99. The maximum atomic E-state index is 5.34. The Morgan fingerprint density at radius 3 is 3.00 bits per heavy atom. The maximum Gasteiger partial charge on any atom is 0.231 e. The lowest BCUT2D eigenvalue weighted by molar-refractivity contribution is 0.0977. The zero-order valence-electron chi connectivity index (χ0n) is 8.30. The molecule has 5 nitrogen and oxygen atoms in total. The van der Waals surface area contributed by atoms with Gasteiger partial charge in [0.15, 0.2) is 11.5 Å². The number of hydrogen-bond acceptors (Lipinski definition) is 5. The van der Waals surface area contributed by atoms with E-state index >= 15 is 0 Å². The quantitative estimate of drug-likeness (QED) is 0.623. The number of rotatable bonds is 0. The largest absolute Gasteiger partial charge is 0.454 e. The lowest BCUT2D eigenvalue weighted by atomic mass is 9.89. The summed E-state index contributed by atoms with van der Waals surface area (Å²) < 4.78 is 10.7. The third-order valence-electron chi connectivity index (χ3n) is 2.74. The molecule has 78 valence electrons. The molecule has 0 aromatic heterocycles. The van der Waals surface area contributed by atoms with Gasteiger partial charge in [-0.25, -0.2) is 0 Å². The highest BCUT2D eigenvalue weighted by Crippen LogP contribution is 2.30. The van der Waals surface area contributed by atoms with Crippen LogP contribution in [0, 0.1) is 5.92 Å². The van der Waals surface area contributed by atoms with Gasteiger partial charge in [0.2, 0.25) is 6.79 Å². The Bertz CT molecular complexity index is 409. The van der Waals surface area contributed by atoms with E-state index in [-0.39, 0.29) is 12.0 Å². The van der Waals surface area contributed by atoms with Crippen molar-refractivity contribution < 1.29 is 9.47 Å². The summed E-state index contributed by atoms with van der Waals surface area (Å²) in [7, 11) is 1.77. The third-order valence-corrected chi connectivity index (χ3v) is 2.74. The molecule has 1 fully saturated rings. The van der Waals surface area contributed by atoms with Gasteiger partial charge in [0, 0.05) is 13.0 Å². The number of hydrazone groups is 1. The van der Waals surface area contributed by atoms with Crippen LogP contribution in [0.15, 0.2) is 33.8 Å². The summed E-state index contributed by atoms with van der Waals surface area (Å²) in [6.07, 6.45) is 5.77. The molecule has 1 saturated heterocycles. The minimum atomic E-state index is 0.120. The summed E-state index contributed by atoms with van der Waals surface area (Å²) in [6.45, 7) is 0.302. The second-order valence-electron chi connectivity index (χ2n) is 3.56. The van der Waals surface area contributed by atoms with Crippen molar-refractivity contribution in [3.63, 3.8) is 0 Å². The molecule has 1 aliphatic carbocycles. The van der Waals surface area contributed by atoms with Crippen LogP contribution >= 0.6 is 0 Å². The predicted molar refractivity (Wildman–Crippen MR) is 55.5 cm³/mol. The van der Waals surface area contributed by atoms with Crippen LogP contribution in [0.5, 0.6) is 0 Å². The van der Waals surface area contributed by atoms with Crippen LogP contribution in [0.3, 0.4) is 0 Å². The van der Waals surface area contributed by atoms with E-state index in [2.05, 4.69) is 15.5 Å². The van der Waals surface area contributed by atoms with E-state index in [1.165, 1.54) is 0 Å². The molecule has 0 bridgehead atoms. The molecule has 2 heterocycles. The Morgan fingerprint density at radius 1 is 1.40 bits per heavy atom. The highest BCUT2D eigenvalue weighted by Gasteiger charge is 2.33. The molecule has 0 spiro atoms. The normalized spacial score (nSPS) is 34.3. The second-order valence-corrected chi connectivity index (χ2v) is 3.56. The molecular weight excluding hydrogens is 194 g/mol. The number of nitrogens with zero attached hydrogens (tertiary/aromatic N) is 2. The molecule has 0 saturated carbocycles. The summed E-state index contributed by atoms with van der Waals surface area (Å²) in [6, 6.07) is 0.120. The van der Waals surface area contributed by atoms with Gasteiger partial charge >= 0.3 is 0 Å². The van der Waals surface area contributed by atoms with Crippen molar-refractivity contribution in [1.29, 1.82) is 0 Å². The van der Waals surface area contributed by atoms with Gasteiger partial charge in [-0.1, -0.05) is 0 Å². The number of nitrogens with one attached hydrogen (secondary N) is 1. The van der Waals surface area contributed by atoms with Crippen molar-refractivity contribution in [2.75, 3.05) is 13.8 Å². The van der Waals surface area contributed by atoms with Crippen LogP contribution in [0.1, 0.15) is 0 Å². The molecule has 1 N–H and O–H groups in total. The summed E-state index contributed by atoms with van der Waals surface area (Å²) >= 11 is 0. The maximum absolute atomic E-state index is 5.34. The first-order chi connectivity index (χ1) is 7.38. The van der Waals surface area contributed by atoms with Gasteiger partial charge in [-0.2, -0.15) is 5.10 Å². The molecule has 2 aliphatic heterocycles. The van der Waals surface area contributed by atoms with Crippen molar-refractivity contribution in [1.82, 2.24) is 5.43 Å². The van der Waals surface area contributed by atoms with Crippen LogP contribution in [-0.2, 0) is 9.47 Å². The standard InChI is InChI=1S/C10H11N3O2/c1-11-8-4-12-13-7-3-10-9(2-6(7)8)14-5-15-10/h2-4,6-7,13H,5H2,1H3. The lowest BCUT2D eigenvalue weighted by Crippen LogP contribution is -2.41. The van der Waals surface area contributed by atoms with Gasteiger partial charge < -0.3 is 14.9 Å². The molecule has 15 heavy (non-hydrogen) atoms. The highest BCUT2D eigenvalue weighted by atomic mass is 16.7. The molecule has 3 rings (SSSR count). The SMILES string of the molecule is CN=C1C=NNC2C=C3OCOC3=CC12. The zero-order valence-corrected chi connectivity index (χ0v) is 8.30. The Kier molecular flexibility index (Phi) is 1.77. The molecule has 2 atom stereocenters. The zero-order chi connectivity index (χ0) is 10.3. The molecule has 3 aliphatic rings. The second kappa shape index (κ2) is 3.12. The fraction of sp³-hybridized carbons (Fsp3) is 0.400. The van der Waals surface area contributed by atoms with Gasteiger partial charge in [-0.3, -0.25) is 4.99 Å². The van der Waals surface area contributed by atoms with Gasteiger partial charge in [0.1, 0.15) is 0 Å². The van der Waals surface area contributed by atoms with Crippen molar-refractivity contribution in [2.45, 2.75) is 6.04 Å². The average Bonchev–Trinajstić information content (AvgIpc) is 2.72. The Hall–Kier alpha value is -1.78. The van der Waals surface area contributed by atoms with Crippen LogP contribution in [-0.4, -0.2) is 31.8 Å². The van der Waals surface area contributed by atoms with Crippen molar-refractivity contribution in [2.24, 2.45) is 16.0 Å². The molecule has 0 amide bonds. The molecule has 0 aromatic carbocycles. The van der Waals surface area contributed by atoms with Crippen LogP contribution in [0.2, 0.25) is 0 Å². The minimum Gasteiger partial charge on any atom is -0.454 e. The van der Waals surface area contributed by atoms with Gasteiger partial charge in [0.05, 0.1) is 18.0 Å². The number of hydrogen-bond donors (Lipinski definition) is 1. The minimum absolute atomic E-state index is 0.120. The van der Waals surface area contributed by atoms with Crippen LogP contribution in [0.4, 0.5) is 0 Å². The van der Waals surface area contributed by atoms with Crippen LogP contribution < -0.4 is 5.43 Å². The first-order valence-electron chi connectivity index (χ1n) is 4.83. The van der Waals surface area contributed by atoms with E-state index in [1.54, 1.807) is 13.3 Å². The smallest absolute Gasteiger partial charge is 0.231 e. The van der Waals surface area contributed by atoms with E-state index in [9.17, 15) is 0 Å². The highest BCUT2D eigenvalue weighted by molar-refractivity contribution is 6.32. The van der Waals surface area contributed by atoms with E-state index in [0.717, 1.165) is 17.2 Å². The van der Waals surface area contributed by atoms with Gasteiger partial charge in [-0.15, -0.1) is 0 Å². The van der Waals surface area contributed by atoms with Gasteiger partial charge in [-0.05, 0) is 12.2 Å². The van der Waals surface area contributed by atoms with E-state index < -0.39 is 0 Å². The number of aliphatic imine (C=N–C) groups is 1. The monoisotopic (exact) mass is 205 g/mol. The Morgan fingerprint density at radius 2 is 2.20 bits per heavy atom. The Balaban J connectivity index is 2.01. The molecule has 2 unspecified atom stereocenters. The summed E-state index contributed by atoms with van der Waals surface area (Å²) in [4.78, 5) is 4.20. The topological polar surface area (TPSA) is 55.2 Å². The summed E-state index contributed by atoms with van der Waals surface area (Å²) in [5, 5.41) is 4.05. The predicted octanol–water partition coefficient (Wildman–Crippen LogP) is 0.417. The number of fused-ring (bicyclic) bond motifs is 2. The molecule has 0 radical (unpaired) electrons. The fourth-order valence-corrected chi connectivity index (χ4v) is 1.96. The van der Waals surface area contributed by atoms with Crippen LogP contribution in [0.25, 0.3) is 0 Å². The summed E-state index contributed by atoms with van der Waals surface area (Å²) in [5.74, 6) is 1.80. The van der Waals surface area contributed by atoms with Crippen molar-refractivity contribution in [3.8, 4) is 0 Å². The first kappa shape index (κ1) is 8.52. The van der Waals surface area contributed by atoms with Gasteiger partial charge in [0.25, 0.3) is 0 Å². The van der Waals surface area contributed by atoms with Crippen molar-refractivity contribution >= 4 is 11.9 Å². The van der Waals surface area contributed by atoms with Crippen molar-refractivity contribution in [3.05, 3.63) is 23.7 Å². The van der Waals surface area contributed by atoms with E-state index in [0.29, 0.717) is 6.79 Å². The lowest BCUT2D eigenvalue weighted by Gasteiger charge is -2.28. The Labute approximate surface area is 87.2 Å². The van der Waals surface area contributed by atoms with E-state index in [1.807, 2.05) is 12.2 Å². The molecule has 0 aromatic rings. The number of ether oxygens (including phenoxy) is 2. The molecule has 5 heteroatoms. The van der Waals surface area contributed by atoms with E-state index in [4.69, 9.17) is 9.47 Å².